The number of nitrogens with two attached hydrogens (primary N) is 1. The monoisotopic (exact) mass is 567 g/mol. The number of anilines is 1. The average Bonchev–Trinajstić information content (AvgIpc) is 3.46. The topological polar surface area (TPSA) is 95.8 Å². The molecule has 210 valence electrons. The molecule has 0 atom stereocenters. The van der Waals surface area contributed by atoms with E-state index in [0.29, 0.717) is 33.7 Å². The Morgan fingerprint density at radius 1 is 1.15 bits per heavy atom. The van der Waals surface area contributed by atoms with Gasteiger partial charge in [0.05, 0.1) is 11.8 Å². The number of benzene rings is 1. The Hall–Kier alpha value is -3.20. The quantitative estimate of drug-likeness (QED) is 0.296. The van der Waals surface area contributed by atoms with Crippen molar-refractivity contribution in [1.82, 2.24) is 19.4 Å². The van der Waals surface area contributed by atoms with Gasteiger partial charge in [-0.3, -0.25) is 4.90 Å². The summed E-state index contributed by atoms with van der Waals surface area (Å²) in [4.78, 5) is 11.8. The second-order valence-corrected chi connectivity index (χ2v) is 12.4. The molecule has 2 aliphatic rings. The van der Waals surface area contributed by atoms with Crippen LogP contribution in [0.4, 0.5) is 19.0 Å². The van der Waals surface area contributed by atoms with Crippen LogP contribution in [-0.4, -0.2) is 50.8 Å². The number of alkyl halides is 3. The number of hydrogen-bond acceptors (Lipinski definition) is 7. The molecule has 0 bridgehead atoms. The van der Waals surface area contributed by atoms with E-state index < -0.39 is 12.6 Å². The fraction of sp³-hybridized carbons (Fsp3) is 0.483. The first-order valence-electron chi connectivity index (χ1n) is 13.7. The van der Waals surface area contributed by atoms with E-state index in [1.165, 1.54) is 17.5 Å². The molecule has 1 aromatic carbocycles. The highest BCUT2D eigenvalue weighted by Crippen LogP contribution is 2.34. The highest BCUT2D eigenvalue weighted by Gasteiger charge is 2.30. The molecule has 1 saturated heterocycles. The van der Waals surface area contributed by atoms with Crippen molar-refractivity contribution in [3.63, 3.8) is 0 Å². The number of nitrogens with one attached hydrogen (secondary N) is 1. The normalized spacial score (nSPS) is 20.6. The van der Waals surface area contributed by atoms with Gasteiger partial charge < -0.3 is 15.6 Å². The van der Waals surface area contributed by atoms with Gasteiger partial charge in [0.15, 0.2) is 0 Å². The molecule has 0 unspecified atom stereocenters. The van der Waals surface area contributed by atoms with E-state index in [4.69, 9.17) is 5.73 Å². The summed E-state index contributed by atoms with van der Waals surface area (Å²) < 4.78 is 40.8. The number of fused-ring (bicyclic) bond motifs is 2. The molecule has 6 rings (SSSR count). The Labute approximate surface area is 234 Å². The van der Waals surface area contributed by atoms with Gasteiger partial charge in [0, 0.05) is 54.0 Å². The smallest absolute Gasteiger partial charge is 0.367 e. The van der Waals surface area contributed by atoms with Crippen molar-refractivity contribution in [1.29, 1.82) is 5.26 Å². The SMILES string of the molecule is Cc1c(CN2CCC(Nc3ncnc4sc(CC(F)(F)F)cc34)CC2)ccc2c1cc(C#N)n2CC1CC(N)C1. The van der Waals surface area contributed by atoms with E-state index in [0.717, 1.165) is 74.1 Å². The first kappa shape index (κ1) is 27.0. The lowest BCUT2D eigenvalue weighted by molar-refractivity contribution is -0.126. The van der Waals surface area contributed by atoms with E-state index in [-0.39, 0.29) is 10.9 Å². The number of nitriles is 1. The third-order valence-electron chi connectivity index (χ3n) is 8.37. The van der Waals surface area contributed by atoms with Crippen LogP contribution >= 0.6 is 11.3 Å². The Bertz CT molecular complexity index is 1570. The molecular formula is C29H32F3N7S. The van der Waals surface area contributed by atoms with Crippen molar-refractivity contribution >= 4 is 38.3 Å². The van der Waals surface area contributed by atoms with Crippen LogP contribution < -0.4 is 11.1 Å². The summed E-state index contributed by atoms with van der Waals surface area (Å²) in [5.41, 5.74) is 10.3. The van der Waals surface area contributed by atoms with Crippen LogP contribution in [0, 0.1) is 24.2 Å². The second-order valence-electron chi connectivity index (χ2n) is 11.3. The summed E-state index contributed by atoms with van der Waals surface area (Å²) in [5.74, 6) is 1.14. The molecule has 0 spiro atoms. The summed E-state index contributed by atoms with van der Waals surface area (Å²) in [5, 5.41) is 15.0. The predicted octanol–water partition coefficient (Wildman–Crippen LogP) is 5.74. The molecule has 1 saturated carbocycles. The van der Waals surface area contributed by atoms with Gasteiger partial charge in [-0.15, -0.1) is 11.3 Å². The molecule has 0 radical (unpaired) electrons. The molecule has 4 aromatic rings. The van der Waals surface area contributed by atoms with Crippen LogP contribution in [0.1, 0.15) is 47.4 Å². The molecule has 3 aromatic heterocycles. The van der Waals surface area contributed by atoms with E-state index in [2.05, 4.69) is 49.9 Å². The highest BCUT2D eigenvalue weighted by atomic mass is 32.1. The number of rotatable bonds is 7. The number of hydrogen-bond donors (Lipinski definition) is 2. The molecule has 11 heteroatoms. The number of thiophene rings is 1. The first-order valence-corrected chi connectivity index (χ1v) is 14.5. The van der Waals surface area contributed by atoms with E-state index in [1.54, 1.807) is 6.07 Å². The summed E-state index contributed by atoms with van der Waals surface area (Å²) in [6, 6.07) is 10.8. The zero-order valence-electron chi connectivity index (χ0n) is 22.3. The Morgan fingerprint density at radius 3 is 2.62 bits per heavy atom. The molecule has 40 heavy (non-hydrogen) atoms. The lowest BCUT2D eigenvalue weighted by Gasteiger charge is -2.33. The first-order chi connectivity index (χ1) is 19.2. The average molecular weight is 568 g/mol. The molecular weight excluding hydrogens is 535 g/mol. The lowest BCUT2D eigenvalue weighted by atomic mass is 9.81. The Kier molecular flexibility index (Phi) is 7.19. The molecule has 1 aliphatic carbocycles. The van der Waals surface area contributed by atoms with Crippen LogP contribution in [0.3, 0.4) is 0 Å². The van der Waals surface area contributed by atoms with Crippen molar-refractivity contribution in [3.05, 3.63) is 52.3 Å². The van der Waals surface area contributed by atoms with Crippen molar-refractivity contribution in [2.75, 3.05) is 18.4 Å². The van der Waals surface area contributed by atoms with Crippen LogP contribution in [0.5, 0.6) is 0 Å². The minimum Gasteiger partial charge on any atom is -0.367 e. The maximum absolute atomic E-state index is 12.9. The highest BCUT2D eigenvalue weighted by molar-refractivity contribution is 7.18. The van der Waals surface area contributed by atoms with Gasteiger partial charge in [0.25, 0.3) is 0 Å². The summed E-state index contributed by atoms with van der Waals surface area (Å²) in [7, 11) is 0. The largest absolute Gasteiger partial charge is 0.393 e. The van der Waals surface area contributed by atoms with Crippen molar-refractivity contribution in [3.8, 4) is 6.07 Å². The van der Waals surface area contributed by atoms with E-state index >= 15 is 0 Å². The van der Waals surface area contributed by atoms with Gasteiger partial charge >= 0.3 is 6.18 Å². The standard InChI is InChI=1S/C29H32F3N7S/c1-17-19(2-3-26-24(17)10-22(13-33)39(26)14-18-8-20(34)9-18)15-38-6-4-21(5-7-38)37-27-25-11-23(12-29(30,31)32)40-28(25)36-16-35-27/h2-3,10-11,16,18,20-21H,4-9,12,14-15,34H2,1H3,(H,35,36,37). The van der Waals surface area contributed by atoms with Gasteiger partial charge in [0.1, 0.15) is 28.7 Å². The minimum absolute atomic E-state index is 0.190. The van der Waals surface area contributed by atoms with E-state index in [9.17, 15) is 18.4 Å². The van der Waals surface area contributed by atoms with Crippen LogP contribution in [0.2, 0.25) is 0 Å². The molecule has 1 aliphatic heterocycles. The van der Waals surface area contributed by atoms with Gasteiger partial charge in [-0.25, -0.2) is 9.97 Å². The van der Waals surface area contributed by atoms with Gasteiger partial charge in [-0.1, -0.05) is 6.07 Å². The lowest BCUT2D eigenvalue weighted by Crippen LogP contribution is -2.39. The second kappa shape index (κ2) is 10.7. The molecule has 2 fully saturated rings. The molecule has 0 amide bonds. The zero-order chi connectivity index (χ0) is 28.0. The number of likely N-dealkylation sites (tertiary alicyclic amines) is 1. The molecule has 7 nitrogen and oxygen atoms in total. The Morgan fingerprint density at radius 2 is 1.93 bits per heavy atom. The third kappa shape index (κ3) is 5.53. The Balaban J connectivity index is 1.10. The minimum atomic E-state index is -4.25. The molecule has 4 heterocycles. The van der Waals surface area contributed by atoms with Gasteiger partial charge in [0.2, 0.25) is 0 Å². The van der Waals surface area contributed by atoms with Gasteiger partial charge in [-0.2, -0.15) is 18.4 Å². The number of halogens is 3. The van der Waals surface area contributed by atoms with E-state index in [1.807, 2.05) is 6.07 Å². The van der Waals surface area contributed by atoms with Crippen molar-refractivity contribution < 1.29 is 13.2 Å². The number of aryl methyl sites for hydroxylation is 1. The summed E-state index contributed by atoms with van der Waals surface area (Å²) in [6.45, 7) is 5.62. The van der Waals surface area contributed by atoms with Crippen molar-refractivity contribution in [2.45, 2.75) is 70.4 Å². The van der Waals surface area contributed by atoms with Crippen LogP contribution in [0.15, 0.2) is 30.6 Å². The number of nitrogens with zero attached hydrogens (tertiary/aromatic N) is 5. The summed E-state index contributed by atoms with van der Waals surface area (Å²) >= 11 is 1.07. The molecule has 3 N–H and O–H groups in total. The maximum Gasteiger partial charge on any atom is 0.393 e. The van der Waals surface area contributed by atoms with Crippen LogP contribution in [-0.2, 0) is 19.5 Å². The fourth-order valence-corrected chi connectivity index (χ4v) is 7.18. The van der Waals surface area contributed by atoms with Crippen LogP contribution in [0.25, 0.3) is 21.1 Å². The number of piperidine rings is 1. The zero-order valence-corrected chi connectivity index (χ0v) is 23.2. The van der Waals surface area contributed by atoms with Crippen molar-refractivity contribution in [2.24, 2.45) is 11.7 Å². The summed E-state index contributed by atoms with van der Waals surface area (Å²) in [6.07, 6.45) is 0.0647. The predicted molar refractivity (Wildman–Crippen MR) is 151 cm³/mol. The maximum atomic E-state index is 12.9. The third-order valence-corrected chi connectivity index (χ3v) is 9.41. The number of aromatic nitrogens is 3. The van der Waals surface area contributed by atoms with Gasteiger partial charge in [-0.05, 0) is 67.9 Å². The fourth-order valence-electron chi connectivity index (χ4n) is 6.15.